The molecule has 30 heavy (non-hydrogen) atoms. The molecule has 0 aliphatic carbocycles. The van der Waals surface area contributed by atoms with Gasteiger partial charge in [0.2, 0.25) is 5.91 Å². The van der Waals surface area contributed by atoms with Crippen molar-refractivity contribution in [3.8, 4) is 5.95 Å². The monoisotopic (exact) mass is 399 g/mol. The van der Waals surface area contributed by atoms with Gasteiger partial charge in [0.25, 0.3) is 5.95 Å². The number of aryl methyl sites for hydroxylation is 3. The van der Waals surface area contributed by atoms with Crippen LogP contribution in [0.5, 0.6) is 0 Å². The largest absolute Gasteiger partial charge is 0.315 e. The first-order valence-electron chi connectivity index (χ1n) is 9.96. The van der Waals surface area contributed by atoms with Crippen molar-refractivity contribution in [1.29, 1.82) is 0 Å². The lowest BCUT2D eigenvalue weighted by atomic mass is 10.1. The maximum Gasteiger partial charge on any atom is 0.251 e. The Bertz CT molecular complexity index is 1240. The first-order valence-corrected chi connectivity index (χ1v) is 9.96. The third kappa shape index (κ3) is 3.68. The van der Waals surface area contributed by atoms with Gasteiger partial charge in [0, 0.05) is 35.4 Å². The molecule has 0 saturated carbocycles. The molecule has 2 heterocycles. The van der Waals surface area contributed by atoms with Gasteiger partial charge in [0.15, 0.2) is 0 Å². The van der Waals surface area contributed by atoms with Crippen molar-refractivity contribution >= 4 is 22.4 Å². The molecular formula is C24H25N5O. The highest BCUT2D eigenvalue weighted by molar-refractivity contribution is 5.97. The lowest BCUT2D eigenvalue weighted by molar-refractivity contribution is -0.117. The van der Waals surface area contributed by atoms with Crippen molar-refractivity contribution in [3.63, 3.8) is 0 Å². The number of carbonyl (C=O) groups is 1. The van der Waals surface area contributed by atoms with Crippen LogP contribution in [0.4, 0.5) is 5.69 Å². The summed E-state index contributed by atoms with van der Waals surface area (Å²) in [5, 5.41) is 6.88. The van der Waals surface area contributed by atoms with Crippen LogP contribution in [0.2, 0.25) is 0 Å². The van der Waals surface area contributed by atoms with Gasteiger partial charge in [0.1, 0.15) is 0 Å². The van der Waals surface area contributed by atoms with E-state index in [-0.39, 0.29) is 12.3 Å². The summed E-state index contributed by atoms with van der Waals surface area (Å²) >= 11 is 0. The van der Waals surface area contributed by atoms with E-state index in [1.807, 2.05) is 71.1 Å². The molecule has 0 N–H and O–H groups in total. The predicted molar refractivity (Wildman–Crippen MR) is 119 cm³/mol. The molecule has 4 rings (SSSR count). The lowest BCUT2D eigenvalue weighted by Crippen LogP contribution is -2.28. The zero-order valence-electron chi connectivity index (χ0n) is 18.0. The molecule has 0 spiro atoms. The smallest absolute Gasteiger partial charge is 0.251 e. The zero-order chi connectivity index (χ0) is 21.4. The van der Waals surface area contributed by atoms with Gasteiger partial charge in [-0.1, -0.05) is 30.3 Å². The molecule has 2 aromatic carbocycles. The Kier molecular flexibility index (Phi) is 5.08. The summed E-state index contributed by atoms with van der Waals surface area (Å²) in [5.74, 6) is 0.548. The van der Waals surface area contributed by atoms with Crippen molar-refractivity contribution in [2.24, 2.45) is 0 Å². The van der Waals surface area contributed by atoms with Crippen molar-refractivity contribution in [3.05, 3.63) is 76.9 Å². The molecule has 6 heteroatoms. The van der Waals surface area contributed by atoms with E-state index in [1.54, 1.807) is 9.58 Å². The first kappa shape index (κ1) is 19.8. The van der Waals surface area contributed by atoms with Crippen LogP contribution in [-0.4, -0.2) is 32.7 Å². The summed E-state index contributed by atoms with van der Waals surface area (Å²) in [6.45, 7) is 7.75. The van der Waals surface area contributed by atoms with E-state index in [0.29, 0.717) is 5.95 Å². The van der Waals surface area contributed by atoms with Crippen molar-refractivity contribution in [2.75, 3.05) is 11.9 Å². The number of hydrogen-bond acceptors (Lipinski definition) is 4. The van der Waals surface area contributed by atoms with Crippen molar-refractivity contribution in [2.45, 2.75) is 34.1 Å². The van der Waals surface area contributed by atoms with Gasteiger partial charge >= 0.3 is 0 Å². The Morgan fingerprint density at radius 3 is 2.30 bits per heavy atom. The van der Waals surface area contributed by atoms with E-state index < -0.39 is 0 Å². The number of aromatic nitrogens is 4. The Hall–Kier alpha value is -3.54. The van der Waals surface area contributed by atoms with Gasteiger partial charge in [-0.25, -0.2) is 14.6 Å². The summed E-state index contributed by atoms with van der Waals surface area (Å²) in [6.07, 6.45) is 0.270. The maximum absolute atomic E-state index is 13.1. The van der Waals surface area contributed by atoms with Crippen LogP contribution in [0, 0.1) is 27.7 Å². The molecule has 0 aliphatic rings. The number of rotatable bonds is 4. The number of fused-ring (bicyclic) bond motifs is 1. The van der Waals surface area contributed by atoms with Gasteiger partial charge < -0.3 is 4.90 Å². The standard InChI is InChI=1S/C24H25N5O/c1-15-12-16(2)26-24(25-15)29-18(4)22(17(3)27-29)14-23(30)28(5)21-11-10-19-8-6-7-9-20(19)13-21/h6-13H,14H2,1-5H3. The summed E-state index contributed by atoms with van der Waals surface area (Å²) < 4.78 is 1.73. The van der Waals surface area contributed by atoms with E-state index in [9.17, 15) is 4.79 Å². The third-order valence-electron chi connectivity index (χ3n) is 5.42. The van der Waals surface area contributed by atoms with Crippen molar-refractivity contribution < 1.29 is 4.79 Å². The molecule has 4 aromatic rings. The predicted octanol–water partition coefficient (Wildman–Crippen LogP) is 4.25. The minimum Gasteiger partial charge on any atom is -0.315 e. The summed E-state index contributed by atoms with van der Waals surface area (Å²) in [7, 11) is 1.81. The molecule has 0 radical (unpaired) electrons. The number of likely N-dealkylation sites (N-methyl/N-ethyl adjacent to an activating group) is 1. The van der Waals surface area contributed by atoms with Gasteiger partial charge in [-0.05, 0) is 56.7 Å². The van der Waals surface area contributed by atoms with Crippen LogP contribution < -0.4 is 4.90 Å². The lowest BCUT2D eigenvalue weighted by Gasteiger charge is -2.18. The topological polar surface area (TPSA) is 63.9 Å². The minimum atomic E-state index is 0.0115. The summed E-state index contributed by atoms with van der Waals surface area (Å²) in [6, 6.07) is 16.1. The van der Waals surface area contributed by atoms with Crippen molar-refractivity contribution in [1.82, 2.24) is 19.7 Å². The van der Waals surface area contributed by atoms with Crippen LogP contribution in [-0.2, 0) is 11.2 Å². The number of amides is 1. The molecule has 0 atom stereocenters. The molecule has 2 aromatic heterocycles. The van der Waals surface area contributed by atoms with Crippen LogP contribution in [0.1, 0.15) is 28.3 Å². The molecule has 0 saturated heterocycles. The highest BCUT2D eigenvalue weighted by atomic mass is 16.2. The van der Waals surface area contributed by atoms with E-state index in [4.69, 9.17) is 0 Å². The molecule has 152 valence electrons. The van der Waals surface area contributed by atoms with Gasteiger partial charge in [-0.2, -0.15) is 5.10 Å². The Morgan fingerprint density at radius 2 is 1.60 bits per heavy atom. The molecule has 0 unspecified atom stereocenters. The van der Waals surface area contributed by atoms with E-state index in [0.717, 1.165) is 44.8 Å². The van der Waals surface area contributed by atoms with E-state index in [2.05, 4.69) is 27.2 Å². The second kappa shape index (κ2) is 7.71. The average Bonchev–Trinajstić information content (AvgIpc) is 3.00. The fourth-order valence-electron chi connectivity index (χ4n) is 3.73. The SMILES string of the molecule is Cc1cc(C)nc(-n2nc(C)c(CC(=O)N(C)c3ccc4ccccc4c3)c2C)n1. The Labute approximate surface area is 176 Å². The number of hydrogen-bond donors (Lipinski definition) is 0. The minimum absolute atomic E-state index is 0.0115. The Morgan fingerprint density at radius 1 is 0.933 bits per heavy atom. The molecule has 0 bridgehead atoms. The second-order valence-corrected chi connectivity index (χ2v) is 7.67. The van der Waals surface area contributed by atoms with Crippen LogP contribution in [0.25, 0.3) is 16.7 Å². The first-order chi connectivity index (χ1) is 14.3. The zero-order valence-corrected chi connectivity index (χ0v) is 18.0. The highest BCUT2D eigenvalue weighted by Gasteiger charge is 2.20. The van der Waals surface area contributed by atoms with Gasteiger partial charge in [0.05, 0.1) is 12.1 Å². The highest BCUT2D eigenvalue weighted by Crippen LogP contribution is 2.23. The van der Waals surface area contributed by atoms with E-state index >= 15 is 0 Å². The molecule has 0 fully saturated rings. The maximum atomic E-state index is 13.1. The molecular weight excluding hydrogens is 374 g/mol. The molecule has 1 amide bonds. The number of anilines is 1. The fourth-order valence-corrected chi connectivity index (χ4v) is 3.73. The van der Waals surface area contributed by atoms with Gasteiger partial charge in [-0.3, -0.25) is 4.79 Å². The summed E-state index contributed by atoms with van der Waals surface area (Å²) in [5.41, 5.74) is 5.26. The van der Waals surface area contributed by atoms with Crippen LogP contribution in [0.3, 0.4) is 0 Å². The van der Waals surface area contributed by atoms with Crippen LogP contribution >= 0.6 is 0 Å². The number of carbonyl (C=O) groups excluding carboxylic acids is 1. The molecule has 0 aliphatic heterocycles. The Balaban J connectivity index is 1.61. The average molecular weight is 399 g/mol. The summed E-state index contributed by atoms with van der Waals surface area (Å²) in [4.78, 5) is 23.8. The number of nitrogens with zero attached hydrogens (tertiary/aromatic N) is 5. The van der Waals surface area contributed by atoms with Gasteiger partial charge in [-0.15, -0.1) is 0 Å². The molecule has 6 nitrogen and oxygen atoms in total. The van der Waals surface area contributed by atoms with E-state index in [1.165, 1.54) is 0 Å². The quantitative estimate of drug-likeness (QED) is 0.514. The fraction of sp³-hybridized carbons (Fsp3) is 0.250. The van der Waals surface area contributed by atoms with Crippen LogP contribution in [0.15, 0.2) is 48.5 Å². The number of benzene rings is 2. The third-order valence-corrected chi connectivity index (χ3v) is 5.42. The second-order valence-electron chi connectivity index (χ2n) is 7.67. The normalized spacial score (nSPS) is 11.1.